The van der Waals surface area contributed by atoms with Gasteiger partial charge in [0, 0.05) is 69.5 Å². The predicted octanol–water partition coefficient (Wildman–Crippen LogP) is 4.00. The normalized spacial score (nSPS) is 21.2. The zero-order valence-corrected chi connectivity index (χ0v) is 22.6. The number of ether oxygens (including phenoxy) is 2. The molecule has 0 spiro atoms. The first kappa shape index (κ1) is 26.7. The Labute approximate surface area is 224 Å². The number of aryl methyl sites for hydroxylation is 1. The lowest BCUT2D eigenvalue weighted by molar-refractivity contribution is -0.157. The maximum Gasteiger partial charge on any atom is 0.225 e. The smallest absolute Gasteiger partial charge is 0.225 e. The fourth-order valence-corrected chi connectivity index (χ4v) is 5.61. The van der Waals surface area contributed by atoms with Crippen LogP contribution in [-0.2, 0) is 22.6 Å². The molecule has 0 radical (unpaired) electrons. The van der Waals surface area contributed by atoms with Gasteiger partial charge in [-0.2, -0.15) is 0 Å². The highest BCUT2D eigenvalue weighted by molar-refractivity contribution is 5.84. The van der Waals surface area contributed by atoms with Crippen LogP contribution < -0.4 is 4.74 Å². The van der Waals surface area contributed by atoms with E-state index in [1.54, 1.807) is 12.1 Å². The lowest BCUT2D eigenvalue weighted by Gasteiger charge is -2.43. The molecule has 38 heavy (non-hydrogen) atoms. The number of amides is 1. The Hall–Kier alpha value is -2.94. The van der Waals surface area contributed by atoms with Gasteiger partial charge in [0.2, 0.25) is 5.91 Å². The quantitative estimate of drug-likeness (QED) is 0.425. The lowest BCUT2D eigenvalue weighted by atomic mass is 9.96. The first-order valence-electron chi connectivity index (χ1n) is 13.7. The fourth-order valence-electron chi connectivity index (χ4n) is 5.61. The van der Waals surface area contributed by atoms with Crippen molar-refractivity contribution in [1.82, 2.24) is 19.3 Å². The van der Waals surface area contributed by atoms with E-state index in [-0.39, 0.29) is 24.8 Å². The van der Waals surface area contributed by atoms with Gasteiger partial charge < -0.3 is 23.8 Å². The molecule has 2 aliphatic rings. The van der Waals surface area contributed by atoms with E-state index in [1.165, 1.54) is 28.6 Å². The highest BCUT2D eigenvalue weighted by atomic mass is 19.1. The summed E-state index contributed by atoms with van der Waals surface area (Å²) in [6.45, 7) is 9.29. The summed E-state index contributed by atoms with van der Waals surface area (Å²) < 4.78 is 28.3. The summed E-state index contributed by atoms with van der Waals surface area (Å²) in [6.07, 6.45) is 3.61. The summed E-state index contributed by atoms with van der Waals surface area (Å²) in [6, 6.07) is 14.6. The second-order valence-electron chi connectivity index (χ2n) is 10.7. The fraction of sp³-hybridized carbons (Fsp3) is 0.500. The van der Waals surface area contributed by atoms with Gasteiger partial charge in [-0.3, -0.25) is 9.69 Å². The van der Waals surface area contributed by atoms with Crippen LogP contribution in [0.5, 0.6) is 5.75 Å². The number of hydrogen-bond donors (Lipinski definition) is 0. The predicted molar refractivity (Wildman–Crippen MR) is 147 cm³/mol. The maximum absolute atomic E-state index is 13.4. The SMILES string of the molecule is CCCn1cc(CN2CCOC(COc3ccc(F)cc3)(CC(=O)N3CCN(C)CC3)C2)c2ccccc21. The van der Waals surface area contributed by atoms with Crippen LogP contribution in [0.1, 0.15) is 25.3 Å². The van der Waals surface area contributed by atoms with Crippen LogP contribution in [0, 0.1) is 5.82 Å². The molecule has 2 aliphatic heterocycles. The van der Waals surface area contributed by atoms with Gasteiger partial charge in [0.05, 0.1) is 13.0 Å². The molecule has 0 saturated carbocycles. The lowest BCUT2D eigenvalue weighted by Crippen LogP contribution is -2.58. The standard InChI is InChI=1S/C30H39FN4O3/c1-3-12-35-21-24(27-6-4-5-7-28(27)35)20-33-17-18-38-30(22-33,23-37-26-10-8-25(31)9-11-26)19-29(36)34-15-13-32(2)14-16-34/h4-11,21H,3,12-20,22-23H2,1-2H3. The van der Waals surface area contributed by atoms with Gasteiger partial charge >= 0.3 is 0 Å². The number of rotatable bonds is 9. The first-order chi connectivity index (χ1) is 18.4. The Balaban J connectivity index is 1.35. The van der Waals surface area contributed by atoms with Crippen LogP contribution in [0.4, 0.5) is 4.39 Å². The summed E-state index contributed by atoms with van der Waals surface area (Å²) in [5.41, 5.74) is 1.76. The van der Waals surface area contributed by atoms with Crippen LogP contribution in [0.2, 0.25) is 0 Å². The van der Waals surface area contributed by atoms with E-state index in [4.69, 9.17) is 9.47 Å². The second kappa shape index (κ2) is 11.8. The van der Waals surface area contributed by atoms with Crippen molar-refractivity contribution >= 4 is 16.8 Å². The Morgan fingerprint density at radius 1 is 1.05 bits per heavy atom. The third-order valence-corrected chi connectivity index (χ3v) is 7.70. The summed E-state index contributed by atoms with van der Waals surface area (Å²) in [7, 11) is 2.08. The van der Waals surface area contributed by atoms with E-state index < -0.39 is 5.60 Å². The van der Waals surface area contributed by atoms with Gasteiger partial charge in [-0.15, -0.1) is 0 Å². The molecule has 7 nitrogen and oxygen atoms in total. The van der Waals surface area contributed by atoms with Crippen LogP contribution >= 0.6 is 0 Å². The zero-order valence-electron chi connectivity index (χ0n) is 22.6. The van der Waals surface area contributed by atoms with Gasteiger partial charge in [-0.05, 0) is 49.4 Å². The van der Waals surface area contributed by atoms with E-state index >= 15 is 0 Å². The molecule has 5 rings (SSSR count). The van der Waals surface area contributed by atoms with Crippen molar-refractivity contribution in [3.8, 4) is 5.75 Å². The number of carbonyl (C=O) groups is 1. The van der Waals surface area contributed by atoms with Gasteiger partial charge in [0.15, 0.2) is 0 Å². The molecule has 1 amide bonds. The first-order valence-corrected chi connectivity index (χ1v) is 13.7. The molecule has 1 unspecified atom stereocenters. The summed E-state index contributed by atoms with van der Waals surface area (Å²) in [5, 5.41) is 1.27. The molecule has 1 atom stereocenters. The average molecular weight is 523 g/mol. The summed E-state index contributed by atoms with van der Waals surface area (Å²) in [5.74, 6) is 0.364. The van der Waals surface area contributed by atoms with E-state index in [0.717, 1.165) is 52.2 Å². The van der Waals surface area contributed by atoms with Crippen molar-refractivity contribution in [3.05, 3.63) is 66.1 Å². The van der Waals surface area contributed by atoms with E-state index in [0.29, 0.717) is 18.9 Å². The zero-order chi connectivity index (χ0) is 26.5. The minimum absolute atomic E-state index is 0.0993. The number of aromatic nitrogens is 1. The third kappa shape index (κ3) is 6.20. The van der Waals surface area contributed by atoms with E-state index in [9.17, 15) is 9.18 Å². The largest absolute Gasteiger partial charge is 0.491 e. The molecule has 2 saturated heterocycles. The number of para-hydroxylation sites is 1. The molecular weight excluding hydrogens is 483 g/mol. The molecule has 2 fully saturated rings. The Morgan fingerprint density at radius 2 is 1.82 bits per heavy atom. The number of benzene rings is 2. The number of likely N-dealkylation sites (N-methyl/N-ethyl adjacent to an activating group) is 1. The molecular formula is C30H39FN4O3. The van der Waals surface area contributed by atoms with Crippen molar-refractivity contribution in [2.75, 3.05) is 59.5 Å². The molecule has 3 aromatic rings. The third-order valence-electron chi connectivity index (χ3n) is 7.70. The number of halogens is 1. The molecule has 2 aromatic carbocycles. The van der Waals surface area contributed by atoms with Gasteiger partial charge in [0.1, 0.15) is 23.8 Å². The van der Waals surface area contributed by atoms with Crippen LogP contribution in [-0.4, -0.2) is 90.3 Å². The molecule has 204 valence electrons. The number of piperazine rings is 1. The van der Waals surface area contributed by atoms with Crippen molar-refractivity contribution in [3.63, 3.8) is 0 Å². The molecule has 8 heteroatoms. The van der Waals surface area contributed by atoms with E-state index in [1.807, 2.05) is 4.90 Å². The van der Waals surface area contributed by atoms with Gasteiger partial charge in [-0.1, -0.05) is 25.1 Å². The van der Waals surface area contributed by atoms with Crippen LogP contribution in [0.25, 0.3) is 10.9 Å². The van der Waals surface area contributed by atoms with Gasteiger partial charge in [-0.25, -0.2) is 4.39 Å². The number of fused-ring (bicyclic) bond motifs is 1. The maximum atomic E-state index is 13.4. The monoisotopic (exact) mass is 522 g/mol. The van der Waals surface area contributed by atoms with Crippen molar-refractivity contribution in [2.45, 2.75) is 38.5 Å². The highest BCUT2D eigenvalue weighted by Gasteiger charge is 2.41. The molecule has 0 aliphatic carbocycles. The molecule has 3 heterocycles. The van der Waals surface area contributed by atoms with Crippen LogP contribution in [0.3, 0.4) is 0 Å². The van der Waals surface area contributed by atoms with Crippen molar-refractivity contribution in [2.24, 2.45) is 0 Å². The number of nitrogens with zero attached hydrogens (tertiary/aromatic N) is 4. The minimum Gasteiger partial charge on any atom is -0.491 e. The summed E-state index contributed by atoms with van der Waals surface area (Å²) in [4.78, 5) is 20.0. The Morgan fingerprint density at radius 3 is 2.58 bits per heavy atom. The molecule has 0 N–H and O–H groups in total. The minimum atomic E-state index is -0.783. The number of hydrogen-bond acceptors (Lipinski definition) is 5. The Bertz CT molecular complexity index is 1220. The highest BCUT2D eigenvalue weighted by Crippen LogP contribution is 2.29. The topological polar surface area (TPSA) is 50.2 Å². The van der Waals surface area contributed by atoms with Crippen molar-refractivity contribution < 1.29 is 18.7 Å². The second-order valence-corrected chi connectivity index (χ2v) is 10.7. The molecule has 0 bridgehead atoms. The van der Waals surface area contributed by atoms with E-state index in [2.05, 4.69) is 58.8 Å². The van der Waals surface area contributed by atoms with Crippen molar-refractivity contribution in [1.29, 1.82) is 0 Å². The molecule has 1 aromatic heterocycles. The number of morpholine rings is 1. The van der Waals surface area contributed by atoms with Crippen LogP contribution in [0.15, 0.2) is 54.7 Å². The summed E-state index contributed by atoms with van der Waals surface area (Å²) >= 11 is 0. The Kier molecular flexibility index (Phi) is 8.31. The average Bonchev–Trinajstić information content (AvgIpc) is 3.26. The van der Waals surface area contributed by atoms with Gasteiger partial charge in [0.25, 0.3) is 0 Å². The number of carbonyl (C=O) groups excluding carboxylic acids is 1.